The van der Waals surface area contributed by atoms with E-state index in [2.05, 4.69) is 10.2 Å². The van der Waals surface area contributed by atoms with Crippen LogP contribution in [0.1, 0.15) is 41.8 Å². The third-order valence-electron chi connectivity index (χ3n) is 3.28. The van der Waals surface area contributed by atoms with E-state index in [0.717, 1.165) is 43.5 Å². The molecule has 1 aromatic rings. The number of nitrogens with zero attached hydrogens (tertiary/aromatic N) is 2. The molecule has 3 heteroatoms. The second-order valence-electron chi connectivity index (χ2n) is 4.41. The minimum absolute atomic E-state index is 0.133. The lowest BCUT2D eigenvalue weighted by molar-refractivity contribution is 0.150. The summed E-state index contributed by atoms with van der Waals surface area (Å²) in [5.41, 5.74) is 4.78. The highest BCUT2D eigenvalue weighted by Crippen LogP contribution is 2.23. The Morgan fingerprint density at radius 3 is 2.27 bits per heavy atom. The van der Waals surface area contributed by atoms with Crippen molar-refractivity contribution in [3.05, 3.63) is 22.5 Å². The fraction of sp³-hybridized carbons (Fsp3) is 0.667. The van der Waals surface area contributed by atoms with Gasteiger partial charge in [0.05, 0.1) is 17.5 Å². The van der Waals surface area contributed by atoms with Crippen molar-refractivity contribution in [2.24, 2.45) is 0 Å². The Morgan fingerprint density at radius 2 is 1.60 bits per heavy atom. The maximum Gasteiger partial charge on any atom is 0.0635 e. The first kappa shape index (κ1) is 10.6. The third-order valence-corrected chi connectivity index (χ3v) is 3.28. The van der Waals surface area contributed by atoms with Crippen molar-refractivity contribution >= 4 is 0 Å². The van der Waals surface area contributed by atoms with Gasteiger partial charge in [-0.2, -0.15) is 10.2 Å². The topological polar surface area (TPSA) is 46.0 Å². The lowest BCUT2D eigenvalue weighted by atomic mass is 9.91. The van der Waals surface area contributed by atoms with Gasteiger partial charge in [0, 0.05) is 0 Å². The molecule has 0 spiro atoms. The molecule has 1 atom stereocenters. The number of aromatic nitrogens is 2. The first-order chi connectivity index (χ1) is 7.18. The SMILES string of the molecule is Cc1nnc(C)c2c1CCC[C@@H](O)CC2. The molecule has 2 rings (SSSR count). The van der Waals surface area contributed by atoms with Crippen molar-refractivity contribution in [2.75, 3.05) is 0 Å². The van der Waals surface area contributed by atoms with E-state index in [0.29, 0.717) is 0 Å². The molecule has 0 unspecified atom stereocenters. The molecule has 0 saturated carbocycles. The molecule has 1 aromatic heterocycles. The van der Waals surface area contributed by atoms with Crippen LogP contribution < -0.4 is 0 Å². The zero-order valence-electron chi connectivity index (χ0n) is 9.45. The molecule has 0 radical (unpaired) electrons. The van der Waals surface area contributed by atoms with Crippen LogP contribution in [0.15, 0.2) is 0 Å². The molecule has 1 aliphatic rings. The summed E-state index contributed by atoms with van der Waals surface area (Å²) in [4.78, 5) is 0. The first-order valence-corrected chi connectivity index (χ1v) is 5.68. The van der Waals surface area contributed by atoms with Crippen molar-refractivity contribution in [3.8, 4) is 0 Å². The second kappa shape index (κ2) is 4.27. The summed E-state index contributed by atoms with van der Waals surface area (Å²) in [5.74, 6) is 0. The van der Waals surface area contributed by atoms with E-state index in [4.69, 9.17) is 0 Å². The van der Waals surface area contributed by atoms with Crippen LogP contribution in [0.25, 0.3) is 0 Å². The van der Waals surface area contributed by atoms with Crippen LogP contribution in [0.5, 0.6) is 0 Å². The van der Waals surface area contributed by atoms with Gasteiger partial charge in [-0.05, 0) is 57.1 Å². The lowest BCUT2D eigenvalue weighted by Crippen LogP contribution is -2.15. The van der Waals surface area contributed by atoms with Crippen LogP contribution in [0.4, 0.5) is 0 Å². The Labute approximate surface area is 90.5 Å². The lowest BCUT2D eigenvalue weighted by Gasteiger charge is -2.19. The Kier molecular flexibility index (Phi) is 3.00. The zero-order chi connectivity index (χ0) is 10.8. The molecule has 82 valence electrons. The monoisotopic (exact) mass is 206 g/mol. The largest absolute Gasteiger partial charge is 0.393 e. The highest BCUT2D eigenvalue weighted by molar-refractivity contribution is 5.32. The van der Waals surface area contributed by atoms with Crippen molar-refractivity contribution < 1.29 is 5.11 Å². The molecular formula is C12H18N2O. The van der Waals surface area contributed by atoms with Crippen LogP contribution in [0.2, 0.25) is 0 Å². The molecule has 15 heavy (non-hydrogen) atoms. The molecule has 0 fully saturated rings. The predicted octanol–water partition coefficient (Wildman–Crippen LogP) is 1.72. The van der Waals surface area contributed by atoms with Gasteiger partial charge in [0.25, 0.3) is 0 Å². The van der Waals surface area contributed by atoms with E-state index in [-0.39, 0.29) is 6.10 Å². The quantitative estimate of drug-likeness (QED) is 0.703. The van der Waals surface area contributed by atoms with Gasteiger partial charge in [-0.3, -0.25) is 0 Å². The maximum absolute atomic E-state index is 9.66. The fourth-order valence-corrected chi connectivity index (χ4v) is 2.34. The highest BCUT2D eigenvalue weighted by Gasteiger charge is 2.16. The predicted molar refractivity (Wildman–Crippen MR) is 58.8 cm³/mol. The Morgan fingerprint density at radius 1 is 1.00 bits per heavy atom. The van der Waals surface area contributed by atoms with Gasteiger partial charge in [0.15, 0.2) is 0 Å². The number of rotatable bonds is 0. The van der Waals surface area contributed by atoms with Crippen LogP contribution in [0, 0.1) is 13.8 Å². The normalized spacial score (nSPS) is 21.7. The minimum Gasteiger partial charge on any atom is -0.393 e. The van der Waals surface area contributed by atoms with E-state index in [9.17, 15) is 5.11 Å². The molecule has 3 nitrogen and oxygen atoms in total. The van der Waals surface area contributed by atoms with Crippen molar-refractivity contribution in [2.45, 2.75) is 52.1 Å². The summed E-state index contributed by atoms with van der Waals surface area (Å²) >= 11 is 0. The smallest absolute Gasteiger partial charge is 0.0635 e. The Hall–Kier alpha value is -0.960. The van der Waals surface area contributed by atoms with Crippen molar-refractivity contribution in [3.63, 3.8) is 0 Å². The van der Waals surface area contributed by atoms with E-state index < -0.39 is 0 Å². The molecule has 1 N–H and O–H groups in total. The summed E-state index contributed by atoms with van der Waals surface area (Å²) < 4.78 is 0. The van der Waals surface area contributed by atoms with Crippen LogP contribution >= 0.6 is 0 Å². The Balaban J connectivity index is 2.37. The minimum atomic E-state index is -0.133. The summed E-state index contributed by atoms with van der Waals surface area (Å²) in [6, 6.07) is 0. The second-order valence-corrected chi connectivity index (χ2v) is 4.41. The molecule has 1 aliphatic carbocycles. The van der Waals surface area contributed by atoms with Gasteiger partial charge >= 0.3 is 0 Å². The summed E-state index contributed by atoms with van der Waals surface area (Å²) in [5, 5.41) is 18.0. The fourth-order valence-electron chi connectivity index (χ4n) is 2.34. The molecule has 0 bridgehead atoms. The number of hydrogen-bond donors (Lipinski definition) is 1. The van der Waals surface area contributed by atoms with Gasteiger partial charge in [-0.15, -0.1) is 0 Å². The van der Waals surface area contributed by atoms with Crippen LogP contribution in [0.3, 0.4) is 0 Å². The molecule has 0 aromatic carbocycles. The Bertz CT molecular complexity index is 363. The van der Waals surface area contributed by atoms with Gasteiger partial charge < -0.3 is 5.11 Å². The molecular weight excluding hydrogens is 188 g/mol. The van der Waals surface area contributed by atoms with Crippen LogP contribution in [-0.4, -0.2) is 21.4 Å². The average molecular weight is 206 g/mol. The highest BCUT2D eigenvalue weighted by atomic mass is 16.3. The van der Waals surface area contributed by atoms with Gasteiger partial charge in [0.1, 0.15) is 0 Å². The van der Waals surface area contributed by atoms with Crippen LogP contribution in [-0.2, 0) is 12.8 Å². The van der Waals surface area contributed by atoms with Crippen molar-refractivity contribution in [1.82, 2.24) is 10.2 Å². The molecule has 1 heterocycles. The van der Waals surface area contributed by atoms with Crippen molar-refractivity contribution in [1.29, 1.82) is 0 Å². The maximum atomic E-state index is 9.66. The van der Waals surface area contributed by atoms with E-state index >= 15 is 0 Å². The standard InChI is InChI=1S/C12H18N2O/c1-8-11-5-3-4-10(15)6-7-12(11)9(2)14-13-8/h10,15H,3-7H2,1-2H3/t10-/m1/s1. The average Bonchev–Trinajstić information content (AvgIpc) is 2.18. The summed E-state index contributed by atoms with van der Waals surface area (Å²) in [6.07, 6.45) is 4.68. The van der Waals surface area contributed by atoms with E-state index in [1.807, 2.05) is 13.8 Å². The summed E-state index contributed by atoms with van der Waals surface area (Å²) in [7, 11) is 0. The number of aliphatic hydroxyl groups excluding tert-OH is 1. The molecule has 0 aliphatic heterocycles. The number of hydrogen-bond acceptors (Lipinski definition) is 3. The first-order valence-electron chi connectivity index (χ1n) is 5.68. The van der Waals surface area contributed by atoms with Gasteiger partial charge in [-0.1, -0.05) is 0 Å². The molecule has 0 amide bonds. The molecule has 0 saturated heterocycles. The van der Waals surface area contributed by atoms with Gasteiger partial charge in [-0.25, -0.2) is 0 Å². The number of aryl methyl sites for hydroxylation is 2. The van der Waals surface area contributed by atoms with E-state index in [1.165, 1.54) is 11.1 Å². The number of fused-ring (bicyclic) bond motifs is 1. The zero-order valence-corrected chi connectivity index (χ0v) is 9.45. The van der Waals surface area contributed by atoms with Gasteiger partial charge in [0.2, 0.25) is 0 Å². The third kappa shape index (κ3) is 2.17. The summed E-state index contributed by atoms with van der Waals surface area (Å²) in [6.45, 7) is 4.04. The number of aliphatic hydroxyl groups is 1. The van der Waals surface area contributed by atoms with E-state index in [1.54, 1.807) is 0 Å².